The van der Waals surface area contributed by atoms with E-state index in [1.165, 1.54) is 20.3 Å². The van der Waals surface area contributed by atoms with Crippen LogP contribution >= 0.6 is 0 Å². The number of rotatable bonds is 6. The maximum atomic E-state index is 12.8. The molecule has 0 atom stereocenters. The van der Waals surface area contributed by atoms with Crippen molar-refractivity contribution in [2.24, 2.45) is 0 Å². The summed E-state index contributed by atoms with van der Waals surface area (Å²) < 4.78 is 38.4. The molecule has 0 bridgehead atoms. The van der Waals surface area contributed by atoms with Crippen molar-refractivity contribution in [3.8, 4) is 22.6 Å². The van der Waals surface area contributed by atoms with E-state index in [0.717, 1.165) is 11.1 Å². The molecule has 26 heavy (non-hydrogen) atoms. The zero-order valence-corrected chi connectivity index (χ0v) is 15.3. The van der Waals surface area contributed by atoms with Crippen molar-refractivity contribution >= 4 is 15.7 Å². The van der Waals surface area contributed by atoms with E-state index in [-0.39, 0.29) is 10.6 Å². The van der Waals surface area contributed by atoms with Gasteiger partial charge >= 0.3 is 0 Å². The number of sulfonamides is 1. The highest BCUT2D eigenvalue weighted by molar-refractivity contribution is 7.92. The van der Waals surface area contributed by atoms with E-state index in [4.69, 9.17) is 9.47 Å². The molecule has 0 aromatic heterocycles. The molecule has 3 rings (SSSR count). The molecule has 0 saturated heterocycles. The Morgan fingerprint density at radius 3 is 2.04 bits per heavy atom. The Kier molecular flexibility index (Phi) is 5.14. The van der Waals surface area contributed by atoms with E-state index < -0.39 is 10.0 Å². The van der Waals surface area contributed by atoms with Crippen molar-refractivity contribution in [1.82, 2.24) is 0 Å². The van der Waals surface area contributed by atoms with Crippen LogP contribution in [0.5, 0.6) is 11.5 Å². The summed E-state index contributed by atoms with van der Waals surface area (Å²) in [5, 5.41) is 0. The summed E-state index contributed by atoms with van der Waals surface area (Å²) >= 11 is 0. The summed E-state index contributed by atoms with van der Waals surface area (Å²) in [6.45, 7) is 0. The second kappa shape index (κ2) is 7.49. The molecule has 5 nitrogen and oxygen atoms in total. The topological polar surface area (TPSA) is 64.6 Å². The van der Waals surface area contributed by atoms with Gasteiger partial charge in [0.25, 0.3) is 10.0 Å². The van der Waals surface area contributed by atoms with Crippen LogP contribution in [0.3, 0.4) is 0 Å². The maximum Gasteiger partial charge on any atom is 0.265 e. The van der Waals surface area contributed by atoms with Gasteiger partial charge in [0.1, 0.15) is 16.4 Å². The normalized spacial score (nSPS) is 11.0. The van der Waals surface area contributed by atoms with Gasteiger partial charge in [-0.05, 0) is 35.4 Å². The fourth-order valence-corrected chi connectivity index (χ4v) is 3.81. The predicted octanol–water partition coefficient (Wildman–Crippen LogP) is 4.17. The van der Waals surface area contributed by atoms with Crippen LogP contribution in [0.2, 0.25) is 0 Å². The van der Waals surface area contributed by atoms with Gasteiger partial charge in [-0.15, -0.1) is 0 Å². The molecule has 0 aliphatic carbocycles. The molecule has 0 fully saturated rings. The molecule has 0 aliphatic rings. The van der Waals surface area contributed by atoms with E-state index in [1.54, 1.807) is 24.3 Å². The highest BCUT2D eigenvalue weighted by Gasteiger charge is 2.20. The SMILES string of the molecule is COc1ccc(OC)c(S(=O)(=O)Nc2ccc(-c3ccccc3)cc2)c1. The van der Waals surface area contributed by atoms with Crippen LogP contribution in [0, 0.1) is 0 Å². The molecule has 0 heterocycles. The van der Waals surface area contributed by atoms with Crippen LogP contribution in [0.15, 0.2) is 77.7 Å². The lowest BCUT2D eigenvalue weighted by Crippen LogP contribution is -2.14. The quantitative estimate of drug-likeness (QED) is 0.708. The molecule has 0 aliphatic heterocycles. The first-order chi connectivity index (χ1) is 12.5. The average Bonchev–Trinajstić information content (AvgIpc) is 2.68. The van der Waals surface area contributed by atoms with Gasteiger partial charge in [0.2, 0.25) is 0 Å². The standard InChI is InChI=1S/C20H19NO4S/c1-24-18-12-13-19(25-2)20(14-18)26(22,23)21-17-10-8-16(9-11-17)15-6-4-3-5-7-15/h3-14,21H,1-2H3. The van der Waals surface area contributed by atoms with E-state index in [0.29, 0.717) is 11.4 Å². The molecule has 0 saturated carbocycles. The Morgan fingerprint density at radius 2 is 1.42 bits per heavy atom. The monoisotopic (exact) mass is 369 g/mol. The van der Waals surface area contributed by atoms with Gasteiger partial charge in [-0.3, -0.25) is 4.72 Å². The van der Waals surface area contributed by atoms with E-state index in [2.05, 4.69) is 4.72 Å². The third-order valence-corrected chi connectivity index (χ3v) is 5.31. The molecular weight excluding hydrogens is 350 g/mol. The van der Waals surface area contributed by atoms with Crippen LogP contribution in [0.25, 0.3) is 11.1 Å². The second-order valence-electron chi connectivity index (χ2n) is 5.57. The molecule has 6 heteroatoms. The highest BCUT2D eigenvalue weighted by atomic mass is 32.2. The molecule has 3 aromatic carbocycles. The Bertz CT molecular complexity index is 984. The van der Waals surface area contributed by atoms with Crippen molar-refractivity contribution in [2.75, 3.05) is 18.9 Å². The van der Waals surface area contributed by atoms with Crippen LogP contribution in [-0.2, 0) is 10.0 Å². The van der Waals surface area contributed by atoms with Crippen molar-refractivity contribution in [3.63, 3.8) is 0 Å². The van der Waals surface area contributed by atoms with Gasteiger partial charge in [-0.1, -0.05) is 42.5 Å². The first kappa shape index (κ1) is 17.8. The molecule has 3 aromatic rings. The summed E-state index contributed by atoms with van der Waals surface area (Å²) in [7, 11) is -0.915. The van der Waals surface area contributed by atoms with Gasteiger partial charge < -0.3 is 9.47 Å². The van der Waals surface area contributed by atoms with Crippen LogP contribution in [0.1, 0.15) is 0 Å². The molecular formula is C20H19NO4S. The lowest BCUT2D eigenvalue weighted by molar-refractivity contribution is 0.392. The summed E-state index contributed by atoms with van der Waals surface area (Å²) in [6.07, 6.45) is 0. The summed E-state index contributed by atoms with van der Waals surface area (Å²) in [4.78, 5) is 0.0199. The number of anilines is 1. The van der Waals surface area contributed by atoms with Crippen molar-refractivity contribution < 1.29 is 17.9 Å². The number of hydrogen-bond acceptors (Lipinski definition) is 4. The van der Waals surface area contributed by atoms with E-state index >= 15 is 0 Å². The fraction of sp³-hybridized carbons (Fsp3) is 0.100. The van der Waals surface area contributed by atoms with Gasteiger partial charge in [0.15, 0.2) is 0 Å². The summed E-state index contributed by atoms with van der Waals surface area (Å²) in [5.74, 6) is 0.685. The molecule has 0 amide bonds. The zero-order valence-electron chi connectivity index (χ0n) is 14.5. The number of hydrogen-bond donors (Lipinski definition) is 1. The first-order valence-electron chi connectivity index (χ1n) is 7.94. The first-order valence-corrected chi connectivity index (χ1v) is 9.42. The Labute approximate surface area is 153 Å². The van der Waals surface area contributed by atoms with Crippen LogP contribution in [-0.4, -0.2) is 22.6 Å². The minimum atomic E-state index is -3.82. The Morgan fingerprint density at radius 1 is 0.769 bits per heavy atom. The smallest absolute Gasteiger partial charge is 0.265 e. The third-order valence-electron chi connectivity index (χ3n) is 3.90. The highest BCUT2D eigenvalue weighted by Crippen LogP contribution is 2.30. The Balaban J connectivity index is 1.88. The van der Waals surface area contributed by atoms with Crippen molar-refractivity contribution in [2.45, 2.75) is 4.90 Å². The lowest BCUT2D eigenvalue weighted by atomic mass is 10.1. The van der Waals surface area contributed by atoms with Crippen molar-refractivity contribution in [1.29, 1.82) is 0 Å². The summed E-state index contributed by atoms with van der Waals surface area (Å²) in [6, 6.07) is 21.7. The fourth-order valence-electron chi connectivity index (χ4n) is 2.57. The third kappa shape index (κ3) is 3.81. The minimum Gasteiger partial charge on any atom is -0.497 e. The van der Waals surface area contributed by atoms with Gasteiger partial charge in [-0.25, -0.2) is 8.42 Å². The van der Waals surface area contributed by atoms with E-state index in [1.807, 2.05) is 42.5 Å². The number of benzene rings is 3. The van der Waals surface area contributed by atoms with Gasteiger partial charge in [0, 0.05) is 11.8 Å². The molecule has 0 unspecified atom stereocenters. The minimum absolute atomic E-state index is 0.0199. The molecule has 0 spiro atoms. The molecule has 1 N–H and O–H groups in total. The number of ether oxygens (including phenoxy) is 2. The zero-order chi connectivity index (χ0) is 18.6. The van der Waals surface area contributed by atoms with Crippen molar-refractivity contribution in [3.05, 3.63) is 72.8 Å². The molecule has 0 radical (unpaired) electrons. The van der Waals surface area contributed by atoms with Gasteiger partial charge in [0.05, 0.1) is 14.2 Å². The maximum absolute atomic E-state index is 12.8. The largest absolute Gasteiger partial charge is 0.497 e. The average molecular weight is 369 g/mol. The van der Waals surface area contributed by atoms with Gasteiger partial charge in [-0.2, -0.15) is 0 Å². The number of methoxy groups -OCH3 is 2. The predicted molar refractivity (Wildman–Crippen MR) is 102 cm³/mol. The second-order valence-corrected chi connectivity index (χ2v) is 7.22. The van der Waals surface area contributed by atoms with E-state index in [9.17, 15) is 8.42 Å². The molecule has 134 valence electrons. The Hall–Kier alpha value is -2.99. The summed E-state index contributed by atoms with van der Waals surface area (Å²) in [5.41, 5.74) is 2.54. The lowest BCUT2D eigenvalue weighted by Gasteiger charge is -2.13. The number of nitrogens with one attached hydrogen (secondary N) is 1. The van der Waals surface area contributed by atoms with Crippen LogP contribution < -0.4 is 14.2 Å². The van der Waals surface area contributed by atoms with Crippen LogP contribution in [0.4, 0.5) is 5.69 Å².